The smallest absolute Gasteiger partial charge is 0.343 e. The van der Waals surface area contributed by atoms with Crippen molar-refractivity contribution < 1.29 is 19.2 Å². The molecule has 1 aromatic carbocycles. The van der Waals surface area contributed by atoms with Crippen molar-refractivity contribution in [2.24, 2.45) is 0 Å². The van der Waals surface area contributed by atoms with Crippen LogP contribution in [0.1, 0.15) is 37.7 Å². The van der Waals surface area contributed by atoms with Gasteiger partial charge in [0.05, 0.1) is 12.0 Å². The molecule has 1 aliphatic carbocycles. The number of piperazine rings is 1. The first kappa shape index (κ1) is 19.6. The number of benzene rings is 1. The average molecular weight is 377 g/mol. The summed E-state index contributed by atoms with van der Waals surface area (Å²) in [5.74, 6) is -0.490. The molecule has 1 aliphatic heterocycles. The summed E-state index contributed by atoms with van der Waals surface area (Å²) in [7, 11) is 1.25. The topological polar surface area (TPSA) is 93.9 Å². The minimum absolute atomic E-state index is 0.0850. The molecule has 0 amide bonds. The van der Waals surface area contributed by atoms with Crippen LogP contribution in [0.2, 0.25) is 0 Å². The average Bonchev–Trinajstić information content (AvgIpc) is 2.69. The van der Waals surface area contributed by atoms with Gasteiger partial charge in [0.2, 0.25) is 0 Å². The van der Waals surface area contributed by atoms with E-state index in [1.807, 2.05) is 6.07 Å². The minimum Gasteiger partial charge on any atom is -0.475 e. The van der Waals surface area contributed by atoms with Crippen LogP contribution in [0, 0.1) is 10.1 Å². The molecule has 2 fully saturated rings. The Balaban J connectivity index is 1.76. The Morgan fingerprint density at radius 3 is 2.81 bits per heavy atom. The molecular weight excluding hydrogens is 350 g/mol. The van der Waals surface area contributed by atoms with Crippen LogP contribution in [0.5, 0.6) is 5.75 Å². The molecule has 1 saturated carbocycles. The molecule has 0 radical (unpaired) electrons. The first-order chi connectivity index (χ1) is 13.0. The maximum atomic E-state index is 11.5. The highest BCUT2D eigenvalue weighted by molar-refractivity contribution is 5.71. The maximum Gasteiger partial charge on any atom is 0.343 e. The van der Waals surface area contributed by atoms with Gasteiger partial charge in [-0.1, -0.05) is 25.3 Å². The highest BCUT2D eigenvalue weighted by atomic mass is 16.6. The van der Waals surface area contributed by atoms with Crippen LogP contribution in [0.3, 0.4) is 0 Å². The number of nitro benzene ring substituents is 1. The van der Waals surface area contributed by atoms with E-state index in [4.69, 9.17) is 4.74 Å². The van der Waals surface area contributed by atoms with Gasteiger partial charge in [0.25, 0.3) is 0 Å². The van der Waals surface area contributed by atoms with Crippen LogP contribution in [0.25, 0.3) is 0 Å². The van der Waals surface area contributed by atoms with Gasteiger partial charge in [-0.2, -0.15) is 0 Å². The number of nitrogens with zero attached hydrogens (tertiary/aromatic N) is 2. The second-order valence-corrected chi connectivity index (χ2v) is 7.31. The summed E-state index contributed by atoms with van der Waals surface area (Å²) in [5.41, 5.74) is 0.925. The van der Waals surface area contributed by atoms with E-state index in [9.17, 15) is 14.9 Å². The summed E-state index contributed by atoms with van der Waals surface area (Å²) < 4.78 is 9.78. The number of carbonyl (C=O) groups excluding carboxylic acids is 1. The van der Waals surface area contributed by atoms with Crippen LogP contribution in [-0.4, -0.2) is 54.7 Å². The maximum absolute atomic E-state index is 11.5. The van der Waals surface area contributed by atoms with E-state index in [-0.39, 0.29) is 23.6 Å². The van der Waals surface area contributed by atoms with Gasteiger partial charge in [-0.05, 0) is 24.5 Å². The zero-order chi connectivity index (χ0) is 19.3. The van der Waals surface area contributed by atoms with Gasteiger partial charge < -0.3 is 14.8 Å². The lowest BCUT2D eigenvalue weighted by molar-refractivity contribution is -0.385. The highest BCUT2D eigenvalue weighted by Gasteiger charge is 2.39. The number of hydrogen-bond donors (Lipinski definition) is 1. The quantitative estimate of drug-likeness (QED) is 0.462. The van der Waals surface area contributed by atoms with Gasteiger partial charge in [0.1, 0.15) is 0 Å². The molecule has 0 bridgehead atoms. The second kappa shape index (κ2) is 8.67. The van der Waals surface area contributed by atoms with E-state index in [0.29, 0.717) is 6.54 Å². The number of esters is 1. The minimum atomic E-state index is -0.576. The lowest BCUT2D eigenvalue weighted by atomic mass is 9.79. The second-order valence-electron chi connectivity index (χ2n) is 7.31. The molecule has 1 N–H and O–H groups in total. The monoisotopic (exact) mass is 377 g/mol. The third kappa shape index (κ3) is 4.56. The van der Waals surface area contributed by atoms with Crippen LogP contribution in [0.4, 0.5) is 5.69 Å². The van der Waals surface area contributed by atoms with E-state index >= 15 is 0 Å². The summed E-state index contributed by atoms with van der Waals surface area (Å²) in [6.45, 7) is 3.19. The molecular formula is C19H27N3O5. The number of ether oxygens (including phenoxy) is 2. The van der Waals surface area contributed by atoms with E-state index < -0.39 is 10.9 Å². The van der Waals surface area contributed by atoms with Crippen molar-refractivity contribution >= 4 is 11.7 Å². The van der Waals surface area contributed by atoms with Crippen molar-refractivity contribution in [1.82, 2.24) is 10.2 Å². The number of methoxy groups -OCH3 is 1. The van der Waals surface area contributed by atoms with E-state index in [2.05, 4.69) is 15.0 Å². The van der Waals surface area contributed by atoms with Crippen molar-refractivity contribution in [3.8, 4) is 5.75 Å². The highest BCUT2D eigenvalue weighted by Crippen LogP contribution is 2.36. The van der Waals surface area contributed by atoms with Gasteiger partial charge in [0.15, 0.2) is 12.4 Å². The van der Waals surface area contributed by atoms with Gasteiger partial charge in [-0.3, -0.25) is 15.0 Å². The lowest BCUT2D eigenvalue weighted by Gasteiger charge is -2.50. The van der Waals surface area contributed by atoms with Crippen molar-refractivity contribution in [3.05, 3.63) is 33.9 Å². The largest absolute Gasteiger partial charge is 0.475 e. The molecule has 8 nitrogen and oxygen atoms in total. The zero-order valence-corrected chi connectivity index (χ0v) is 15.7. The van der Waals surface area contributed by atoms with Crippen molar-refractivity contribution in [2.45, 2.75) is 44.2 Å². The number of nitro groups is 1. The molecule has 1 heterocycles. The fraction of sp³-hybridized carbons (Fsp3) is 0.632. The Morgan fingerprint density at radius 2 is 2.11 bits per heavy atom. The molecule has 27 heavy (non-hydrogen) atoms. The Hall–Kier alpha value is -2.19. The Kier molecular flexibility index (Phi) is 6.28. The zero-order valence-electron chi connectivity index (χ0n) is 15.7. The molecule has 3 rings (SSSR count). The summed E-state index contributed by atoms with van der Waals surface area (Å²) >= 11 is 0. The molecule has 8 heteroatoms. The molecule has 0 aromatic heterocycles. The molecule has 148 valence electrons. The van der Waals surface area contributed by atoms with Crippen LogP contribution in [0.15, 0.2) is 18.2 Å². The number of rotatable bonds is 6. The number of nitrogens with one attached hydrogen (secondary N) is 1. The predicted molar refractivity (Wildman–Crippen MR) is 99.7 cm³/mol. The van der Waals surface area contributed by atoms with Crippen LogP contribution in [-0.2, 0) is 16.1 Å². The molecule has 1 aromatic rings. The van der Waals surface area contributed by atoms with E-state index in [1.54, 1.807) is 12.1 Å². The summed E-state index contributed by atoms with van der Waals surface area (Å²) in [6.07, 6.45) is 6.09. The first-order valence-electron chi connectivity index (χ1n) is 9.47. The van der Waals surface area contributed by atoms with Gasteiger partial charge in [0, 0.05) is 37.8 Å². The Labute approximate surface area is 159 Å². The third-order valence-electron chi connectivity index (χ3n) is 5.63. The third-order valence-corrected chi connectivity index (χ3v) is 5.63. The number of carbonyl (C=O) groups is 1. The molecule has 0 atom stereocenters. The summed E-state index contributed by atoms with van der Waals surface area (Å²) in [6, 6.07) is 4.98. The summed E-state index contributed by atoms with van der Waals surface area (Å²) in [4.78, 5) is 24.7. The fourth-order valence-corrected chi connectivity index (χ4v) is 4.18. The SMILES string of the molecule is COC(=O)COc1ccc(CN2CCNCC23CCCCC3)cc1[N+](=O)[O-]. The van der Waals surface area contributed by atoms with Crippen molar-refractivity contribution in [2.75, 3.05) is 33.4 Å². The number of hydrogen-bond acceptors (Lipinski definition) is 7. The normalized spacial score (nSPS) is 19.6. The predicted octanol–water partition coefficient (Wildman–Crippen LogP) is 2.25. The van der Waals surface area contributed by atoms with Crippen molar-refractivity contribution in [1.29, 1.82) is 0 Å². The van der Waals surface area contributed by atoms with E-state index in [0.717, 1.165) is 25.2 Å². The Bertz CT molecular complexity index is 680. The van der Waals surface area contributed by atoms with Crippen LogP contribution < -0.4 is 10.1 Å². The molecule has 0 unspecified atom stereocenters. The first-order valence-corrected chi connectivity index (χ1v) is 9.47. The van der Waals surface area contributed by atoms with Crippen LogP contribution >= 0.6 is 0 Å². The fourth-order valence-electron chi connectivity index (χ4n) is 4.18. The Morgan fingerprint density at radius 1 is 1.33 bits per heavy atom. The summed E-state index contributed by atoms with van der Waals surface area (Å²) in [5, 5.41) is 15.0. The van der Waals surface area contributed by atoms with Gasteiger partial charge in [-0.15, -0.1) is 0 Å². The lowest BCUT2D eigenvalue weighted by Crippen LogP contribution is -2.61. The van der Waals surface area contributed by atoms with E-state index in [1.165, 1.54) is 39.2 Å². The standard InChI is InChI=1S/C19H27N3O5/c1-26-18(23)13-27-17-6-5-15(11-16(17)22(24)25)12-21-10-9-20-14-19(21)7-3-2-4-8-19/h5-6,11,20H,2-4,7-10,12-14H2,1H3. The molecule has 2 aliphatic rings. The molecule has 1 spiro atoms. The van der Waals surface area contributed by atoms with Gasteiger partial charge in [-0.25, -0.2) is 4.79 Å². The molecule has 1 saturated heterocycles. The van der Waals surface area contributed by atoms with Crippen molar-refractivity contribution in [3.63, 3.8) is 0 Å². The van der Waals surface area contributed by atoms with Gasteiger partial charge >= 0.3 is 11.7 Å².